The molecule has 5 rings (SSSR count). The molecule has 136 valence electrons. The number of hydrogen-bond donors (Lipinski definition) is 0. The van der Waals surface area contributed by atoms with E-state index < -0.39 is 0 Å². The van der Waals surface area contributed by atoms with Crippen molar-refractivity contribution in [2.75, 3.05) is 46.2 Å². The number of amides is 1. The van der Waals surface area contributed by atoms with E-state index in [2.05, 4.69) is 9.88 Å². The molecule has 0 spiro atoms. The standard InChI is InChI=1S/C18H19N3O5/c22-18-21(2-1-20-3-5-23-6-4-20)10-13-7-12-8-15-16(25-11-24-15)9-14(12)19-17(13)26-18/h7-9H,1-6,10-11H2. The van der Waals surface area contributed by atoms with Gasteiger partial charge >= 0.3 is 6.09 Å². The molecule has 8 nitrogen and oxygen atoms in total. The molecule has 0 radical (unpaired) electrons. The first-order chi connectivity index (χ1) is 12.8. The van der Waals surface area contributed by atoms with Crippen LogP contribution in [0.4, 0.5) is 4.79 Å². The fraction of sp³-hybridized carbons (Fsp3) is 0.444. The van der Waals surface area contributed by atoms with E-state index in [1.165, 1.54) is 0 Å². The normalized spacial score (nSPS) is 19.5. The molecule has 0 saturated carbocycles. The molecule has 1 saturated heterocycles. The Balaban J connectivity index is 1.36. The summed E-state index contributed by atoms with van der Waals surface area (Å²) in [5, 5.41) is 0.944. The zero-order valence-corrected chi connectivity index (χ0v) is 14.3. The summed E-state index contributed by atoms with van der Waals surface area (Å²) in [5.41, 5.74) is 1.63. The average molecular weight is 357 g/mol. The predicted octanol–water partition coefficient (Wildman–Crippen LogP) is 1.61. The molecule has 4 heterocycles. The number of carbonyl (C=O) groups is 1. The molecule has 8 heteroatoms. The molecule has 0 bridgehead atoms. The summed E-state index contributed by atoms with van der Waals surface area (Å²) in [6, 6.07) is 5.74. The Morgan fingerprint density at radius 1 is 1.04 bits per heavy atom. The SMILES string of the molecule is O=C1Oc2nc3cc4c(cc3cc2CN1CCN1CCOCC1)OCO4. The van der Waals surface area contributed by atoms with Crippen molar-refractivity contribution in [2.24, 2.45) is 0 Å². The first kappa shape index (κ1) is 15.7. The van der Waals surface area contributed by atoms with Crippen molar-refractivity contribution >= 4 is 17.0 Å². The van der Waals surface area contributed by atoms with Gasteiger partial charge in [0.05, 0.1) is 25.3 Å². The summed E-state index contributed by atoms with van der Waals surface area (Å²) in [7, 11) is 0. The summed E-state index contributed by atoms with van der Waals surface area (Å²) in [6.45, 7) is 5.45. The summed E-state index contributed by atoms with van der Waals surface area (Å²) in [5.74, 6) is 1.76. The number of aromatic nitrogens is 1. The number of pyridine rings is 1. The van der Waals surface area contributed by atoms with Crippen molar-refractivity contribution in [1.29, 1.82) is 0 Å². The van der Waals surface area contributed by atoms with Crippen LogP contribution in [-0.4, -0.2) is 67.1 Å². The highest BCUT2D eigenvalue weighted by atomic mass is 16.7. The highest BCUT2D eigenvalue weighted by Gasteiger charge is 2.27. The van der Waals surface area contributed by atoms with Gasteiger partial charge in [0.1, 0.15) is 0 Å². The lowest BCUT2D eigenvalue weighted by molar-refractivity contribution is 0.0328. The van der Waals surface area contributed by atoms with Crippen molar-refractivity contribution in [3.05, 3.63) is 23.8 Å². The molecule has 26 heavy (non-hydrogen) atoms. The second-order valence-corrected chi connectivity index (χ2v) is 6.59. The van der Waals surface area contributed by atoms with Gasteiger partial charge in [-0.15, -0.1) is 0 Å². The molecule has 3 aliphatic rings. The van der Waals surface area contributed by atoms with Crippen LogP contribution in [0.5, 0.6) is 17.4 Å². The first-order valence-corrected chi connectivity index (χ1v) is 8.76. The maximum Gasteiger partial charge on any atom is 0.416 e. The average Bonchev–Trinajstić information content (AvgIpc) is 3.11. The maximum absolute atomic E-state index is 12.3. The van der Waals surface area contributed by atoms with Gasteiger partial charge in [-0.3, -0.25) is 4.90 Å². The second-order valence-electron chi connectivity index (χ2n) is 6.59. The van der Waals surface area contributed by atoms with Gasteiger partial charge in [0, 0.05) is 43.2 Å². The van der Waals surface area contributed by atoms with Gasteiger partial charge < -0.3 is 23.8 Å². The monoisotopic (exact) mass is 357 g/mol. The van der Waals surface area contributed by atoms with Crippen LogP contribution >= 0.6 is 0 Å². The van der Waals surface area contributed by atoms with Gasteiger partial charge in [0.25, 0.3) is 0 Å². The van der Waals surface area contributed by atoms with Gasteiger partial charge in [-0.25, -0.2) is 9.78 Å². The van der Waals surface area contributed by atoms with Crippen molar-refractivity contribution in [3.63, 3.8) is 0 Å². The summed E-state index contributed by atoms with van der Waals surface area (Å²) >= 11 is 0. The van der Waals surface area contributed by atoms with E-state index in [1.807, 2.05) is 18.2 Å². The Morgan fingerprint density at radius 2 is 1.85 bits per heavy atom. The van der Waals surface area contributed by atoms with Gasteiger partial charge in [0.2, 0.25) is 12.7 Å². The van der Waals surface area contributed by atoms with E-state index in [1.54, 1.807) is 4.90 Å². The number of morpholine rings is 1. The topological polar surface area (TPSA) is 73.4 Å². The molecule has 0 atom stereocenters. The molecule has 3 aliphatic heterocycles. The summed E-state index contributed by atoms with van der Waals surface area (Å²) in [6.07, 6.45) is -0.349. The highest BCUT2D eigenvalue weighted by molar-refractivity contribution is 5.85. The van der Waals surface area contributed by atoms with Crippen LogP contribution in [0.25, 0.3) is 10.9 Å². The Bertz CT molecular complexity index is 866. The number of carbonyl (C=O) groups excluding carboxylic acids is 1. The number of hydrogen-bond acceptors (Lipinski definition) is 7. The molecule has 0 N–H and O–H groups in total. The molecule has 2 aromatic rings. The second kappa shape index (κ2) is 6.30. The van der Waals surface area contributed by atoms with Crippen LogP contribution in [0.2, 0.25) is 0 Å². The van der Waals surface area contributed by atoms with Crippen LogP contribution in [0.1, 0.15) is 5.56 Å². The lowest BCUT2D eigenvalue weighted by Gasteiger charge is -2.31. The fourth-order valence-corrected chi connectivity index (χ4v) is 3.47. The zero-order valence-electron chi connectivity index (χ0n) is 14.3. The molecule has 0 aliphatic carbocycles. The van der Waals surface area contributed by atoms with Crippen molar-refractivity contribution in [3.8, 4) is 17.4 Å². The predicted molar refractivity (Wildman–Crippen MR) is 91.6 cm³/mol. The van der Waals surface area contributed by atoms with Crippen molar-refractivity contribution in [1.82, 2.24) is 14.8 Å². The minimum absolute atomic E-state index is 0.218. The smallest absolute Gasteiger partial charge is 0.416 e. The number of fused-ring (bicyclic) bond motifs is 3. The van der Waals surface area contributed by atoms with Crippen LogP contribution < -0.4 is 14.2 Å². The van der Waals surface area contributed by atoms with E-state index in [0.29, 0.717) is 24.7 Å². The van der Waals surface area contributed by atoms with Crippen molar-refractivity contribution < 1.29 is 23.7 Å². The van der Waals surface area contributed by atoms with E-state index in [9.17, 15) is 4.79 Å². The Hall–Kier alpha value is -2.58. The Kier molecular flexibility index (Phi) is 3.79. The molecule has 1 amide bonds. The number of rotatable bonds is 3. The van der Waals surface area contributed by atoms with Crippen molar-refractivity contribution in [2.45, 2.75) is 6.54 Å². The molecule has 1 aromatic carbocycles. The van der Waals surface area contributed by atoms with E-state index in [0.717, 1.165) is 55.1 Å². The number of benzene rings is 1. The number of ether oxygens (including phenoxy) is 4. The molecule has 1 fully saturated rings. The molecular weight excluding hydrogens is 338 g/mol. The molecular formula is C18H19N3O5. The van der Waals surface area contributed by atoms with Gasteiger partial charge in [-0.2, -0.15) is 0 Å². The van der Waals surface area contributed by atoms with Gasteiger partial charge in [-0.1, -0.05) is 0 Å². The zero-order chi connectivity index (χ0) is 17.5. The van der Waals surface area contributed by atoms with E-state index in [-0.39, 0.29) is 12.9 Å². The van der Waals surface area contributed by atoms with Crippen LogP contribution in [-0.2, 0) is 11.3 Å². The highest BCUT2D eigenvalue weighted by Crippen LogP contribution is 2.37. The summed E-state index contributed by atoms with van der Waals surface area (Å²) < 4.78 is 21.6. The Labute approximate surface area is 150 Å². The van der Waals surface area contributed by atoms with E-state index in [4.69, 9.17) is 18.9 Å². The molecule has 0 unspecified atom stereocenters. The quantitative estimate of drug-likeness (QED) is 0.826. The minimum atomic E-state index is -0.349. The third kappa shape index (κ3) is 2.81. The lowest BCUT2D eigenvalue weighted by atomic mass is 10.1. The van der Waals surface area contributed by atoms with E-state index >= 15 is 0 Å². The largest absolute Gasteiger partial charge is 0.454 e. The van der Waals surface area contributed by atoms with Crippen LogP contribution in [0.3, 0.4) is 0 Å². The minimum Gasteiger partial charge on any atom is -0.454 e. The molecule has 1 aromatic heterocycles. The number of nitrogens with zero attached hydrogens (tertiary/aromatic N) is 3. The van der Waals surface area contributed by atoms with Crippen LogP contribution in [0.15, 0.2) is 18.2 Å². The first-order valence-electron chi connectivity index (χ1n) is 8.76. The third-order valence-corrected chi connectivity index (χ3v) is 4.94. The maximum atomic E-state index is 12.3. The van der Waals surface area contributed by atoms with Crippen LogP contribution in [0, 0.1) is 0 Å². The third-order valence-electron chi connectivity index (χ3n) is 4.94. The fourth-order valence-electron chi connectivity index (χ4n) is 3.47. The lowest BCUT2D eigenvalue weighted by Crippen LogP contribution is -2.45. The van der Waals surface area contributed by atoms with Gasteiger partial charge in [-0.05, 0) is 12.1 Å². The summed E-state index contributed by atoms with van der Waals surface area (Å²) in [4.78, 5) is 20.8. The van der Waals surface area contributed by atoms with Gasteiger partial charge in [0.15, 0.2) is 11.5 Å². The Morgan fingerprint density at radius 3 is 2.69 bits per heavy atom.